The third-order valence-corrected chi connectivity index (χ3v) is 4.31. The van der Waals surface area contributed by atoms with Gasteiger partial charge >= 0.3 is 5.97 Å². The van der Waals surface area contributed by atoms with Crippen LogP contribution in [0.1, 0.15) is 33.1 Å². The summed E-state index contributed by atoms with van der Waals surface area (Å²) in [4.78, 5) is 10.9. The number of hydrogen-bond donors (Lipinski definition) is 0. The van der Waals surface area contributed by atoms with Crippen LogP contribution in [0, 0.1) is 5.92 Å². The molecular formula is C10H18O2S. The lowest BCUT2D eigenvalue weighted by Crippen LogP contribution is -2.11. The van der Waals surface area contributed by atoms with Crippen molar-refractivity contribution < 1.29 is 9.53 Å². The highest BCUT2D eigenvalue weighted by atomic mass is 32.2. The van der Waals surface area contributed by atoms with Crippen LogP contribution < -0.4 is 0 Å². The monoisotopic (exact) mass is 202 g/mol. The number of ether oxygens (including phenoxy) is 1. The number of carbonyl (C=O) groups excluding carboxylic acids is 1. The van der Waals surface area contributed by atoms with E-state index in [1.807, 2.05) is 11.8 Å². The van der Waals surface area contributed by atoms with Gasteiger partial charge in [-0.15, -0.1) is 0 Å². The van der Waals surface area contributed by atoms with Crippen molar-refractivity contribution in [1.82, 2.24) is 0 Å². The predicted octanol–water partition coefficient (Wildman–Crippen LogP) is 2.47. The quantitative estimate of drug-likeness (QED) is 0.658. The molecule has 1 rings (SSSR count). The molecule has 0 spiro atoms. The number of rotatable bonds is 3. The average Bonchev–Trinajstić information content (AvgIpc) is 2.41. The maximum absolute atomic E-state index is 10.9. The van der Waals surface area contributed by atoms with E-state index in [2.05, 4.69) is 18.6 Å². The molecule has 0 radical (unpaired) electrons. The Morgan fingerprint density at radius 3 is 2.69 bits per heavy atom. The lowest BCUT2D eigenvalue weighted by molar-refractivity contribution is -0.140. The van der Waals surface area contributed by atoms with Crippen LogP contribution in [0.25, 0.3) is 0 Å². The molecule has 1 fully saturated rings. The summed E-state index contributed by atoms with van der Waals surface area (Å²) in [6.45, 7) is 4.54. The molecule has 0 N–H and O–H groups in total. The van der Waals surface area contributed by atoms with E-state index >= 15 is 0 Å². The highest BCUT2D eigenvalue weighted by Crippen LogP contribution is 2.40. The van der Waals surface area contributed by atoms with Crippen molar-refractivity contribution in [2.75, 3.05) is 7.11 Å². The van der Waals surface area contributed by atoms with Crippen molar-refractivity contribution in [3.05, 3.63) is 0 Å². The lowest BCUT2D eigenvalue weighted by atomic mass is 9.99. The third kappa shape index (κ3) is 3.22. The molecule has 76 valence electrons. The number of esters is 1. The van der Waals surface area contributed by atoms with E-state index in [1.165, 1.54) is 13.5 Å². The van der Waals surface area contributed by atoms with Gasteiger partial charge < -0.3 is 4.74 Å². The summed E-state index contributed by atoms with van der Waals surface area (Å²) in [5.74, 6) is 0.678. The molecule has 3 unspecified atom stereocenters. The topological polar surface area (TPSA) is 26.3 Å². The van der Waals surface area contributed by atoms with Crippen LogP contribution in [0.5, 0.6) is 0 Å². The second kappa shape index (κ2) is 4.89. The fourth-order valence-corrected chi connectivity index (χ4v) is 3.52. The van der Waals surface area contributed by atoms with Gasteiger partial charge in [-0.05, 0) is 18.8 Å². The Labute approximate surface area is 84.4 Å². The minimum atomic E-state index is -0.0765. The van der Waals surface area contributed by atoms with E-state index in [0.29, 0.717) is 11.7 Å². The number of methoxy groups -OCH3 is 1. The van der Waals surface area contributed by atoms with Crippen LogP contribution in [0.2, 0.25) is 0 Å². The van der Waals surface area contributed by atoms with Crippen LogP contribution in [0.4, 0.5) is 0 Å². The fourth-order valence-electron chi connectivity index (χ4n) is 1.88. The Bertz CT molecular complexity index is 182. The zero-order chi connectivity index (χ0) is 9.84. The smallest absolute Gasteiger partial charge is 0.305 e. The van der Waals surface area contributed by atoms with Crippen LogP contribution in [-0.4, -0.2) is 23.6 Å². The third-order valence-electron chi connectivity index (χ3n) is 2.61. The van der Waals surface area contributed by atoms with Crippen molar-refractivity contribution in [2.24, 2.45) is 5.92 Å². The van der Waals surface area contributed by atoms with Gasteiger partial charge in [0.2, 0.25) is 0 Å². The van der Waals surface area contributed by atoms with Gasteiger partial charge in [0.05, 0.1) is 7.11 Å². The van der Waals surface area contributed by atoms with E-state index in [4.69, 9.17) is 0 Å². The maximum atomic E-state index is 10.9. The number of thioether (sulfide) groups is 1. The van der Waals surface area contributed by atoms with E-state index in [0.717, 1.165) is 17.6 Å². The minimum Gasteiger partial charge on any atom is -0.469 e. The summed E-state index contributed by atoms with van der Waals surface area (Å²) in [6.07, 6.45) is 2.84. The summed E-state index contributed by atoms with van der Waals surface area (Å²) in [6, 6.07) is 0. The first kappa shape index (κ1) is 10.9. The van der Waals surface area contributed by atoms with E-state index in [1.54, 1.807) is 0 Å². The molecule has 1 aliphatic rings. The van der Waals surface area contributed by atoms with Crippen molar-refractivity contribution in [2.45, 2.75) is 43.6 Å². The molecule has 13 heavy (non-hydrogen) atoms. The Morgan fingerprint density at radius 2 is 2.23 bits per heavy atom. The SMILES string of the molecule is COC(=O)CCC1SC(C)CC1C. The fraction of sp³-hybridized carbons (Fsp3) is 0.900. The van der Waals surface area contributed by atoms with Gasteiger partial charge in [0.25, 0.3) is 0 Å². The molecule has 0 aromatic rings. The minimum absolute atomic E-state index is 0.0765. The van der Waals surface area contributed by atoms with Crippen molar-refractivity contribution in [3.8, 4) is 0 Å². The Kier molecular flexibility index (Phi) is 4.10. The second-order valence-electron chi connectivity index (χ2n) is 3.81. The number of carbonyl (C=O) groups is 1. The Morgan fingerprint density at radius 1 is 1.54 bits per heavy atom. The molecule has 3 heteroatoms. The van der Waals surface area contributed by atoms with Crippen molar-refractivity contribution >= 4 is 17.7 Å². The molecule has 0 aromatic carbocycles. The molecule has 0 saturated carbocycles. The zero-order valence-corrected chi connectivity index (χ0v) is 9.39. The van der Waals surface area contributed by atoms with E-state index in [9.17, 15) is 4.79 Å². The molecule has 1 saturated heterocycles. The first-order valence-electron chi connectivity index (χ1n) is 4.85. The average molecular weight is 202 g/mol. The van der Waals surface area contributed by atoms with Gasteiger partial charge in [0.1, 0.15) is 0 Å². The standard InChI is InChI=1S/C10H18O2S/c1-7-6-8(2)13-9(7)4-5-10(11)12-3/h7-9H,4-6H2,1-3H3. The second-order valence-corrected chi connectivity index (χ2v) is 5.50. The summed E-state index contributed by atoms with van der Waals surface area (Å²) in [5.41, 5.74) is 0. The van der Waals surface area contributed by atoms with E-state index < -0.39 is 0 Å². The van der Waals surface area contributed by atoms with E-state index in [-0.39, 0.29) is 5.97 Å². The molecule has 1 heterocycles. The summed E-state index contributed by atoms with van der Waals surface area (Å²) < 4.78 is 4.62. The van der Waals surface area contributed by atoms with Gasteiger partial charge in [-0.2, -0.15) is 11.8 Å². The summed E-state index contributed by atoms with van der Waals surface area (Å²) in [5, 5.41) is 1.42. The summed E-state index contributed by atoms with van der Waals surface area (Å²) in [7, 11) is 1.45. The molecule has 0 aromatic heterocycles. The summed E-state index contributed by atoms with van der Waals surface area (Å²) >= 11 is 2.02. The Balaban J connectivity index is 2.25. The van der Waals surface area contributed by atoms with Crippen LogP contribution in [-0.2, 0) is 9.53 Å². The lowest BCUT2D eigenvalue weighted by Gasteiger charge is -2.12. The normalized spacial score (nSPS) is 33.3. The van der Waals surface area contributed by atoms with Crippen molar-refractivity contribution in [1.29, 1.82) is 0 Å². The largest absolute Gasteiger partial charge is 0.469 e. The van der Waals surface area contributed by atoms with Gasteiger partial charge in [-0.3, -0.25) is 4.79 Å². The maximum Gasteiger partial charge on any atom is 0.305 e. The highest BCUT2D eigenvalue weighted by molar-refractivity contribution is 8.00. The molecule has 0 bridgehead atoms. The van der Waals surface area contributed by atoms with Crippen LogP contribution in [0.15, 0.2) is 0 Å². The first-order valence-corrected chi connectivity index (χ1v) is 5.80. The molecule has 3 atom stereocenters. The predicted molar refractivity (Wildman–Crippen MR) is 55.9 cm³/mol. The highest BCUT2D eigenvalue weighted by Gasteiger charge is 2.29. The number of hydrogen-bond acceptors (Lipinski definition) is 3. The zero-order valence-electron chi connectivity index (χ0n) is 8.58. The molecule has 2 nitrogen and oxygen atoms in total. The molecule has 0 amide bonds. The van der Waals surface area contributed by atoms with Crippen LogP contribution in [0.3, 0.4) is 0 Å². The van der Waals surface area contributed by atoms with Gasteiger partial charge in [-0.25, -0.2) is 0 Å². The molecular weight excluding hydrogens is 184 g/mol. The molecule has 1 aliphatic heterocycles. The van der Waals surface area contributed by atoms with Crippen molar-refractivity contribution in [3.63, 3.8) is 0 Å². The first-order chi connectivity index (χ1) is 6.13. The van der Waals surface area contributed by atoms with Crippen LogP contribution >= 0.6 is 11.8 Å². The Hall–Kier alpha value is -0.180. The van der Waals surface area contributed by atoms with Gasteiger partial charge in [0, 0.05) is 16.9 Å². The van der Waals surface area contributed by atoms with Gasteiger partial charge in [-0.1, -0.05) is 13.8 Å². The van der Waals surface area contributed by atoms with Gasteiger partial charge in [0.15, 0.2) is 0 Å². The molecule has 0 aliphatic carbocycles.